The average molecular weight is 640 g/mol. The minimum Gasteiger partial charge on any atom is -0.346 e. The maximum Gasteiger partial charge on any atom is 0.316 e. The summed E-state index contributed by atoms with van der Waals surface area (Å²) in [5, 5.41) is 10.8. The van der Waals surface area contributed by atoms with Crippen molar-refractivity contribution >= 4 is 35.3 Å². The van der Waals surface area contributed by atoms with Crippen molar-refractivity contribution in [3.63, 3.8) is 0 Å². The molecule has 0 aliphatic carbocycles. The van der Waals surface area contributed by atoms with Crippen molar-refractivity contribution in [3.8, 4) is 0 Å². The van der Waals surface area contributed by atoms with Gasteiger partial charge < -0.3 is 26.2 Å². The van der Waals surface area contributed by atoms with Gasteiger partial charge >= 0.3 is 6.03 Å². The fourth-order valence-corrected chi connectivity index (χ4v) is 5.52. The molecule has 1 fully saturated rings. The Hall–Kier alpha value is -4.02. The summed E-state index contributed by atoms with van der Waals surface area (Å²) in [6.07, 6.45) is 2.62. The van der Waals surface area contributed by atoms with E-state index in [2.05, 4.69) is 27.8 Å². The lowest BCUT2D eigenvalue weighted by Crippen LogP contribution is -2.61. The van der Waals surface area contributed by atoms with Crippen molar-refractivity contribution < 1.29 is 28.8 Å². The first-order chi connectivity index (χ1) is 21.5. The molecule has 4 N–H and O–H groups in total. The highest BCUT2D eigenvalue weighted by Crippen LogP contribution is 2.32. The van der Waals surface area contributed by atoms with Crippen LogP contribution >= 0.6 is 0 Å². The van der Waals surface area contributed by atoms with Gasteiger partial charge in [0.2, 0.25) is 17.6 Å². The van der Waals surface area contributed by atoms with E-state index in [1.165, 1.54) is 11.0 Å². The molecule has 0 aromatic heterocycles. The summed E-state index contributed by atoms with van der Waals surface area (Å²) in [6.45, 7) is 18.9. The number of nitrogens with zero attached hydrogens (tertiary/aromatic N) is 1. The van der Waals surface area contributed by atoms with Gasteiger partial charge in [0, 0.05) is 18.7 Å². The summed E-state index contributed by atoms with van der Waals surface area (Å²) >= 11 is 0. The van der Waals surface area contributed by atoms with Crippen molar-refractivity contribution in [1.29, 1.82) is 0 Å². The third-order valence-electron chi connectivity index (χ3n) is 8.39. The highest BCUT2D eigenvalue weighted by atomic mass is 16.2. The largest absolute Gasteiger partial charge is 0.346 e. The van der Waals surface area contributed by atoms with Crippen molar-refractivity contribution in [1.82, 2.24) is 26.2 Å². The number of nitrogens with one attached hydrogen (secondary N) is 4. The lowest BCUT2D eigenvalue weighted by Gasteiger charge is -2.36. The van der Waals surface area contributed by atoms with Crippen LogP contribution in [-0.4, -0.2) is 77.5 Å². The van der Waals surface area contributed by atoms with Crippen LogP contribution in [0.5, 0.6) is 0 Å². The number of carbonyl (C=O) groups excluding carboxylic acids is 6. The van der Waals surface area contributed by atoms with Crippen LogP contribution in [0.15, 0.2) is 43.0 Å². The first kappa shape index (κ1) is 38.2. The average Bonchev–Trinajstić information content (AvgIpc) is 3.46. The van der Waals surface area contributed by atoms with Gasteiger partial charge in [0.05, 0.1) is 12.1 Å². The number of carbonyl (C=O) groups is 6. The van der Waals surface area contributed by atoms with E-state index in [9.17, 15) is 28.8 Å². The van der Waals surface area contributed by atoms with Crippen molar-refractivity contribution in [3.05, 3.63) is 48.6 Å². The molecule has 5 amide bonds. The van der Waals surface area contributed by atoms with Crippen LogP contribution in [0.2, 0.25) is 0 Å². The quantitative estimate of drug-likeness (QED) is 0.131. The van der Waals surface area contributed by atoms with Gasteiger partial charge in [0.25, 0.3) is 5.91 Å². The highest BCUT2D eigenvalue weighted by molar-refractivity contribution is 6.38. The third-order valence-corrected chi connectivity index (χ3v) is 8.39. The topological polar surface area (TPSA) is 154 Å². The molecule has 0 bridgehead atoms. The molecule has 254 valence electrons. The Balaban J connectivity index is 2.32. The third kappa shape index (κ3) is 10.3. The molecule has 0 radical (unpaired) electrons. The van der Waals surface area contributed by atoms with Gasteiger partial charge in [-0.2, -0.15) is 0 Å². The van der Waals surface area contributed by atoms with Gasteiger partial charge in [-0.3, -0.25) is 24.0 Å². The van der Waals surface area contributed by atoms with Gasteiger partial charge in [0.1, 0.15) is 12.1 Å². The number of Topliss-reactive ketones (excluding diaryl/α,β-unsaturated/α-hetero) is 2. The SMILES string of the molecule is C=CCNC(=O)C(=O)C(CCC)NC(=O)C1CC(C(C)C)CN1C(=O)C(NC(=O)NC(C(=O)c1ccccc1)C(C)C)C(C)(C)C. The fourth-order valence-electron chi connectivity index (χ4n) is 5.52. The van der Waals surface area contributed by atoms with Crippen LogP contribution in [0, 0.1) is 23.2 Å². The van der Waals surface area contributed by atoms with Crippen LogP contribution in [0.3, 0.4) is 0 Å². The Morgan fingerprint density at radius 3 is 2.13 bits per heavy atom. The summed E-state index contributed by atoms with van der Waals surface area (Å²) < 4.78 is 0. The number of ketones is 2. The van der Waals surface area contributed by atoms with Crippen LogP contribution in [0.4, 0.5) is 4.79 Å². The smallest absolute Gasteiger partial charge is 0.316 e. The molecule has 1 aliphatic heterocycles. The molecular weight excluding hydrogens is 586 g/mol. The second-order valence-electron chi connectivity index (χ2n) is 13.8. The summed E-state index contributed by atoms with van der Waals surface area (Å²) in [6, 6.07) is 4.21. The zero-order chi connectivity index (χ0) is 34.8. The van der Waals surface area contributed by atoms with Gasteiger partial charge in [-0.05, 0) is 36.0 Å². The second kappa shape index (κ2) is 17.1. The van der Waals surface area contributed by atoms with E-state index in [1.54, 1.807) is 30.3 Å². The molecule has 5 atom stereocenters. The zero-order valence-corrected chi connectivity index (χ0v) is 28.6. The van der Waals surface area contributed by atoms with Crippen molar-refractivity contribution in [2.45, 2.75) is 98.8 Å². The van der Waals surface area contributed by atoms with E-state index >= 15 is 0 Å². The van der Waals surface area contributed by atoms with E-state index in [4.69, 9.17) is 0 Å². The Kier molecular flexibility index (Phi) is 14.1. The molecule has 1 heterocycles. The summed E-state index contributed by atoms with van der Waals surface area (Å²) in [5.41, 5.74) is -0.292. The molecule has 1 aliphatic rings. The van der Waals surface area contributed by atoms with Crippen LogP contribution in [0.1, 0.15) is 85.0 Å². The number of urea groups is 1. The Morgan fingerprint density at radius 1 is 0.978 bits per heavy atom. The normalized spacial score (nSPS) is 18.3. The van der Waals surface area contributed by atoms with E-state index in [-0.39, 0.29) is 43.0 Å². The standard InChI is InChI=1S/C35H53N5O6/c1-10-15-25(29(42)32(44)36-18-11-2)37-31(43)26-19-24(21(3)4)20-40(26)33(45)30(35(7,8)9)39-34(46)38-27(22(5)6)28(41)23-16-13-12-14-17-23/h11-14,16-17,21-22,24-27,30H,2,10,15,18-20H2,1,3-9H3,(H,36,44)(H,37,43)(H2,38,39,46). The van der Waals surface area contributed by atoms with Gasteiger partial charge in [-0.1, -0.05) is 98.2 Å². The number of benzene rings is 1. The lowest BCUT2D eigenvalue weighted by atomic mass is 9.85. The molecule has 11 nitrogen and oxygen atoms in total. The molecule has 1 saturated heterocycles. The van der Waals surface area contributed by atoms with Gasteiger partial charge in [-0.25, -0.2) is 4.79 Å². The molecule has 2 rings (SSSR count). The number of hydrogen-bond donors (Lipinski definition) is 4. The van der Waals surface area contributed by atoms with E-state index < -0.39 is 59.1 Å². The number of rotatable bonds is 15. The Morgan fingerprint density at radius 2 is 1.61 bits per heavy atom. The molecule has 46 heavy (non-hydrogen) atoms. The monoisotopic (exact) mass is 639 g/mol. The molecular formula is C35H53N5O6. The summed E-state index contributed by atoms with van der Waals surface area (Å²) in [5.74, 6) is -2.84. The zero-order valence-electron chi connectivity index (χ0n) is 28.6. The second-order valence-corrected chi connectivity index (χ2v) is 13.8. The maximum atomic E-state index is 14.3. The number of amides is 5. The first-order valence-corrected chi connectivity index (χ1v) is 16.2. The van der Waals surface area contributed by atoms with Crippen LogP contribution < -0.4 is 21.3 Å². The molecule has 5 unspecified atom stereocenters. The Labute approximate surface area is 273 Å². The highest BCUT2D eigenvalue weighted by Gasteiger charge is 2.46. The van der Waals surface area contributed by atoms with E-state index in [1.807, 2.05) is 55.4 Å². The van der Waals surface area contributed by atoms with Gasteiger partial charge in [-0.15, -0.1) is 6.58 Å². The summed E-state index contributed by atoms with van der Waals surface area (Å²) in [7, 11) is 0. The Bertz CT molecular complexity index is 1260. The van der Waals surface area contributed by atoms with Gasteiger partial charge in [0.15, 0.2) is 5.78 Å². The van der Waals surface area contributed by atoms with E-state index in [0.717, 1.165) is 0 Å². The maximum absolute atomic E-state index is 14.3. The van der Waals surface area contributed by atoms with E-state index in [0.29, 0.717) is 18.4 Å². The molecule has 1 aromatic rings. The minimum absolute atomic E-state index is 0.000762. The minimum atomic E-state index is -1.05. The first-order valence-electron chi connectivity index (χ1n) is 16.2. The molecule has 11 heteroatoms. The van der Waals surface area contributed by atoms with Crippen LogP contribution in [0.25, 0.3) is 0 Å². The number of likely N-dealkylation sites (tertiary alicyclic amines) is 1. The van der Waals surface area contributed by atoms with Crippen molar-refractivity contribution in [2.75, 3.05) is 13.1 Å². The van der Waals surface area contributed by atoms with Crippen molar-refractivity contribution in [2.24, 2.45) is 23.2 Å². The molecule has 1 aromatic carbocycles. The molecule has 0 saturated carbocycles. The predicted molar refractivity (Wildman–Crippen MR) is 178 cm³/mol. The molecule has 0 spiro atoms. The van der Waals surface area contributed by atoms with Crippen LogP contribution in [-0.2, 0) is 19.2 Å². The summed E-state index contributed by atoms with van der Waals surface area (Å²) in [4.78, 5) is 81.4. The fraction of sp³-hybridized carbons (Fsp3) is 0.600. The predicted octanol–water partition coefficient (Wildman–Crippen LogP) is 3.64. The number of hydrogen-bond acceptors (Lipinski definition) is 6. The lowest BCUT2D eigenvalue weighted by molar-refractivity contribution is -0.143.